The maximum absolute atomic E-state index is 12.2. The molecule has 1 aliphatic rings. The van der Waals surface area contributed by atoms with E-state index in [1.54, 1.807) is 7.11 Å². The number of methoxy groups -OCH3 is 1. The van der Waals surface area contributed by atoms with Crippen LogP contribution in [0, 0.1) is 0 Å². The molecule has 5 heteroatoms. The van der Waals surface area contributed by atoms with Crippen molar-refractivity contribution in [2.24, 2.45) is 0 Å². The molecule has 0 aromatic carbocycles. The lowest BCUT2D eigenvalue weighted by Gasteiger charge is -2.33. The first kappa shape index (κ1) is 17.4. The van der Waals surface area contributed by atoms with Crippen molar-refractivity contribution in [2.45, 2.75) is 57.7 Å². The quantitative estimate of drug-likeness (QED) is 0.687. The molecule has 0 aliphatic heterocycles. The summed E-state index contributed by atoms with van der Waals surface area (Å²) in [5.74, 6) is -0.321. The van der Waals surface area contributed by atoms with Gasteiger partial charge in [-0.1, -0.05) is 20.3 Å². The highest BCUT2D eigenvalue weighted by Gasteiger charge is 2.41. The Kier molecular flexibility index (Phi) is 7.48. The molecule has 0 saturated heterocycles. The van der Waals surface area contributed by atoms with Crippen LogP contribution in [0.5, 0.6) is 0 Å². The SMILES string of the molecule is CCN(CC)C[C@H](O)COC(=O)C1(OC)CCCCC1. The Morgan fingerprint density at radius 2 is 1.85 bits per heavy atom. The molecule has 0 spiro atoms. The van der Waals surface area contributed by atoms with Crippen LogP contribution in [-0.2, 0) is 14.3 Å². The minimum Gasteiger partial charge on any atom is -0.461 e. The second-order valence-corrected chi connectivity index (χ2v) is 5.50. The molecule has 20 heavy (non-hydrogen) atoms. The van der Waals surface area contributed by atoms with Crippen molar-refractivity contribution in [2.75, 3.05) is 33.4 Å². The minimum absolute atomic E-state index is 0.0421. The maximum Gasteiger partial charge on any atom is 0.338 e. The zero-order valence-corrected chi connectivity index (χ0v) is 13.1. The molecule has 1 aliphatic carbocycles. The zero-order chi connectivity index (χ0) is 15.0. The summed E-state index contributed by atoms with van der Waals surface area (Å²) in [6.45, 7) is 6.42. The second kappa shape index (κ2) is 8.60. The summed E-state index contributed by atoms with van der Waals surface area (Å²) < 4.78 is 10.7. The zero-order valence-electron chi connectivity index (χ0n) is 13.1. The van der Waals surface area contributed by atoms with Gasteiger partial charge in [0, 0.05) is 13.7 Å². The third-order valence-electron chi connectivity index (χ3n) is 4.19. The molecule has 0 amide bonds. The standard InChI is InChI=1S/C15H29NO4/c1-4-16(5-2)11-13(17)12-20-14(18)15(19-3)9-7-6-8-10-15/h13,17H,4-12H2,1-3H3/t13-/m0/s1. The van der Waals surface area contributed by atoms with Crippen LogP contribution in [0.1, 0.15) is 46.0 Å². The summed E-state index contributed by atoms with van der Waals surface area (Å²) in [6, 6.07) is 0. The number of ether oxygens (including phenoxy) is 2. The van der Waals surface area contributed by atoms with Crippen LogP contribution in [0.4, 0.5) is 0 Å². The van der Waals surface area contributed by atoms with Gasteiger partial charge in [0.05, 0.1) is 0 Å². The van der Waals surface area contributed by atoms with Gasteiger partial charge in [-0.15, -0.1) is 0 Å². The van der Waals surface area contributed by atoms with Crippen LogP contribution in [0.15, 0.2) is 0 Å². The van der Waals surface area contributed by atoms with E-state index in [-0.39, 0.29) is 12.6 Å². The fourth-order valence-corrected chi connectivity index (χ4v) is 2.75. The average molecular weight is 287 g/mol. The van der Waals surface area contributed by atoms with Crippen molar-refractivity contribution in [3.63, 3.8) is 0 Å². The fraction of sp³-hybridized carbons (Fsp3) is 0.933. The number of nitrogens with zero attached hydrogens (tertiary/aromatic N) is 1. The largest absolute Gasteiger partial charge is 0.461 e. The predicted molar refractivity (Wildman–Crippen MR) is 77.6 cm³/mol. The molecule has 1 N–H and O–H groups in total. The number of carbonyl (C=O) groups is 1. The molecule has 0 aromatic rings. The smallest absolute Gasteiger partial charge is 0.338 e. The molecule has 118 valence electrons. The number of rotatable bonds is 8. The van der Waals surface area contributed by atoms with E-state index in [0.717, 1.165) is 32.4 Å². The predicted octanol–water partition coefficient (Wildman–Crippen LogP) is 1.58. The van der Waals surface area contributed by atoms with E-state index in [4.69, 9.17) is 9.47 Å². The van der Waals surface area contributed by atoms with E-state index in [2.05, 4.69) is 4.90 Å². The van der Waals surface area contributed by atoms with Crippen molar-refractivity contribution in [3.05, 3.63) is 0 Å². The van der Waals surface area contributed by atoms with Crippen LogP contribution < -0.4 is 0 Å². The fourth-order valence-electron chi connectivity index (χ4n) is 2.75. The van der Waals surface area contributed by atoms with E-state index < -0.39 is 11.7 Å². The van der Waals surface area contributed by atoms with Gasteiger partial charge >= 0.3 is 5.97 Å². The molecule has 0 radical (unpaired) electrons. The summed E-state index contributed by atoms with van der Waals surface area (Å²) in [7, 11) is 1.57. The van der Waals surface area contributed by atoms with Gasteiger partial charge in [-0.2, -0.15) is 0 Å². The Hall–Kier alpha value is -0.650. The average Bonchev–Trinajstić information content (AvgIpc) is 2.50. The van der Waals surface area contributed by atoms with Crippen LogP contribution in [0.2, 0.25) is 0 Å². The lowest BCUT2D eigenvalue weighted by molar-refractivity contribution is -0.176. The van der Waals surface area contributed by atoms with Gasteiger partial charge in [0.2, 0.25) is 0 Å². The Bertz CT molecular complexity index is 286. The number of likely N-dealkylation sites (N-methyl/N-ethyl adjacent to an activating group) is 1. The summed E-state index contributed by atoms with van der Waals surface area (Å²) in [5.41, 5.74) is -0.785. The highest BCUT2D eigenvalue weighted by molar-refractivity contribution is 5.79. The number of carbonyl (C=O) groups excluding carboxylic acids is 1. The molecule has 1 saturated carbocycles. The van der Waals surface area contributed by atoms with Gasteiger partial charge in [0.15, 0.2) is 5.60 Å². The monoisotopic (exact) mass is 287 g/mol. The van der Waals surface area contributed by atoms with E-state index in [1.807, 2.05) is 13.8 Å². The first-order valence-corrected chi connectivity index (χ1v) is 7.70. The Balaban J connectivity index is 2.41. The Morgan fingerprint density at radius 3 is 2.35 bits per heavy atom. The van der Waals surface area contributed by atoms with Crippen LogP contribution in [0.3, 0.4) is 0 Å². The topological polar surface area (TPSA) is 59.0 Å². The lowest BCUT2D eigenvalue weighted by Crippen LogP contribution is -2.45. The molecule has 1 fully saturated rings. The van der Waals surface area contributed by atoms with Gasteiger partial charge in [-0.25, -0.2) is 4.79 Å². The normalized spacial score (nSPS) is 19.9. The molecular weight excluding hydrogens is 258 g/mol. The number of esters is 1. The third kappa shape index (κ3) is 4.72. The van der Waals surface area contributed by atoms with Crippen molar-refractivity contribution in [3.8, 4) is 0 Å². The van der Waals surface area contributed by atoms with Gasteiger partial charge < -0.3 is 19.5 Å². The number of aliphatic hydroxyl groups is 1. The van der Waals surface area contributed by atoms with Gasteiger partial charge in [-0.3, -0.25) is 0 Å². The van der Waals surface area contributed by atoms with Crippen molar-refractivity contribution < 1.29 is 19.4 Å². The number of hydrogen-bond acceptors (Lipinski definition) is 5. The highest BCUT2D eigenvalue weighted by atomic mass is 16.6. The van der Waals surface area contributed by atoms with E-state index >= 15 is 0 Å². The number of aliphatic hydroxyl groups excluding tert-OH is 1. The molecule has 0 heterocycles. The summed E-state index contributed by atoms with van der Waals surface area (Å²) in [4.78, 5) is 14.3. The van der Waals surface area contributed by atoms with Crippen molar-refractivity contribution in [1.29, 1.82) is 0 Å². The van der Waals surface area contributed by atoms with E-state index in [9.17, 15) is 9.90 Å². The van der Waals surface area contributed by atoms with Crippen LogP contribution in [-0.4, -0.2) is 61.0 Å². The maximum atomic E-state index is 12.2. The second-order valence-electron chi connectivity index (χ2n) is 5.50. The Morgan fingerprint density at radius 1 is 1.25 bits per heavy atom. The van der Waals surface area contributed by atoms with E-state index in [1.165, 1.54) is 0 Å². The van der Waals surface area contributed by atoms with Crippen LogP contribution >= 0.6 is 0 Å². The molecule has 1 atom stereocenters. The Labute approximate surface area is 122 Å². The van der Waals surface area contributed by atoms with Crippen LogP contribution in [0.25, 0.3) is 0 Å². The molecule has 0 bridgehead atoms. The van der Waals surface area contributed by atoms with Gasteiger partial charge in [0.1, 0.15) is 12.7 Å². The third-order valence-corrected chi connectivity index (χ3v) is 4.19. The van der Waals surface area contributed by atoms with Crippen molar-refractivity contribution in [1.82, 2.24) is 4.90 Å². The first-order chi connectivity index (χ1) is 9.57. The minimum atomic E-state index is -0.785. The van der Waals surface area contributed by atoms with Crippen molar-refractivity contribution >= 4 is 5.97 Å². The molecule has 0 unspecified atom stereocenters. The first-order valence-electron chi connectivity index (χ1n) is 7.70. The molecule has 1 rings (SSSR count). The van der Waals surface area contributed by atoms with E-state index in [0.29, 0.717) is 19.4 Å². The summed E-state index contributed by atoms with van der Waals surface area (Å²) >= 11 is 0. The molecule has 5 nitrogen and oxygen atoms in total. The number of hydrogen-bond donors (Lipinski definition) is 1. The lowest BCUT2D eigenvalue weighted by atomic mass is 9.84. The molecule has 0 aromatic heterocycles. The summed E-state index contributed by atoms with van der Waals surface area (Å²) in [5, 5.41) is 9.93. The summed E-state index contributed by atoms with van der Waals surface area (Å²) in [6.07, 6.45) is 3.92. The van der Waals surface area contributed by atoms with Gasteiger partial charge in [-0.05, 0) is 38.8 Å². The van der Waals surface area contributed by atoms with Gasteiger partial charge in [0.25, 0.3) is 0 Å². The highest BCUT2D eigenvalue weighted by Crippen LogP contribution is 2.32. The molecular formula is C15H29NO4.